The number of carbonyl (C=O) groups excluding carboxylic acids is 1. The van der Waals surface area contributed by atoms with Crippen LogP contribution in [-0.4, -0.2) is 25.9 Å². The van der Waals surface area contributed by atoms with Crippen molar-refractivity contribution in [2.24, 2.45) is 0 Å². The number of hydrogen-bond acceptors (Lipinski definition) is 3. The highest BCUT2D eigenvalue weighted by Gasteiger charge is 2.12. The summed E-state index contributed by atoms with van der Waals surface area (Å²) < 4.78 is 2.53. The number of amides is 1. The summed E-state index contributed by atoms with van der Waals surface area (Å²) in [4.78, 5) is 12.5. The van der Waals surface area contributed by atoms with E-state index in [1.807, 2.05) is 49.4 Å². The molecule has 4 rings (SSSR count). The molecular formula is C18H14BrN5O. The molecule has 2 heterocycles. The Morgan fingerprint density at radius 3 is 2.92 bits per heavy atom. The molecule has 124 valence electrons. The number of halogens is 1. The fraction of sp³-hybridized carbons (Fsp3) is 0.0556. The molecule has 0 saturated carbocycles. The quantitative estimate of drug-likeness (QED) is 0.548. The zero-order chi connectivity index (χ0) is 17.4. The molecule has 0 aliphatic carbocycles. The second-order valence-corrected chi connectivity index (χ2v) is 6.48. The Morgan fingerprint density at radius 2 is 2.08 bits per heavy atom. The predicted molar refractivity (Wildman–Crippen MR) is 100 cm³/mol. The van der Waals surface area contributed by atoms with Crippen LogP contribution in [0.15, 0.2) is 59.5 Å². The van der Waals surface area contributed by atoms with Crippen LogP contribution in [0.3, 0.4) is 0 Å². The van der Waals surface area contributed by atoms with Crippen LogP contribution in [-0.2, 0) is 0 Å². The summed E-state index contributed by atoms with van der Waals surface area (Å²) in [7, 11) is 0. The number of hydrogen-bond donors (Lipinski definition) is 2. The number of H-pyrrole nitrogens is 1. The summed E-state index contributed by atoms with van der Waals surface area (Å²) in [5, 5.41) is 15.2. The first kappa shape index (κ1) is 15.6. The SMILES string of the molecule is Cc1ccccc1-n1cc(C(=O)Nc2ccc3c(Br)[nH]nc3c2)cn1. The molecule has 7 heteroatoms. The number of aromatic nitrogens is 4. The van der Waals surface area contributed by atoms with Gasteiger partial charge in [-0.2, -0.15) is 10.2 Å². The van der Waals surface area contributed by atoms with Crippen LogP contribution >= 0.6 is 15.9 Å². The molecule has 2 aromatic heterocycles. The Bertz CT molecular complexity index is 1080. The highest BCUT2D eigenvalue weighted by molar-refractivity contribution is 9.10. The maximum Gasteiger partial charge on any atom is 0.258 e. The Morgan fingerprint density at radius 1 is 1.24 bits per heavy atom. The van der Waals surface area contributed by atoms with Crippen LogP contribution < -0.4 is 5.32 Å². The fourth-order valence-electron chi connectivity index (χ4n) is 2.65. The number of nitrogens with one attached hydrogen (secondary N) is 2. The van der Waals surface area contributed by atoms with Crippen molar-refractivity contribution in [2.45, 2.75) is 6.92 Å². The molecule has 0 saturated heterocycles. The predicted octanol–water partition coefficient (Wildman–Crippen LogP) is 4.07. The van der Waals surface area contributed by atoms with Gasteiger partial charge in [0.05, 0.1) is 23.0 Å². The van der Waals surface area contributed by atoms with Crippen molar-refractivity contribution >= 4 is 38.4 Å². The number of aromatic amines is 1. The molecule has 2 N–H and O–H groups in total. The van der Waals surface area contributed by atoms with Gasteiger partial charge in [-0.1, -0.05) is 18.2 Å². The van der Waals surface area contributed by atoms with E-state index in [9.17, 15) is 4.79 Å². The number of anilines is 1. The van der Waals surface area contributed by atoms with Crippen LogP contribution in [0.25, 0.3) is 16.6 Å². The number of aryl methyl sites for hydroxylation is 1. The molecule has 25 heavy (non-hydrogen) atoms. The van der Waals surface area contributed by atoms with Gasteiger partial charge in [0.1, 0.15) is 4.60 Å². The second-order valence-electron chi connectivity index (χ2n) is 5.68. The summed E-state index contributed by atoms with van der Waals surface area (Å²) in [6.45, 7) is 2.01. The molecule has 0 aliphatic rings. The molecule has 0 radical (unpaired) electrons. The summed E-state index contributed by atoms with van der Waals surface area (Å²) in [6.07, 6.45) is 3.28. The Kier molecular flexibility index (Phi) is 3.85. The summed E-state index contributed by atoms with van der Waals surface area (Å²) in [6, 6.07) is 13.4. The van der Waals surface area contributed by atoms with Crippen LogP contribution in [0.1, 0.15) is 15.9 Å². The van der Waals surface area contributed by atoms with E-state index >= 15 is 0 Å². The minimum atomic E-state index is -0.214. The zero-order valence-electron chi connectivity index (χ0n) is 13.3. The molecule has 6 nitrogen and oxygen atoms in total. The largest absolute Gasteiger partial charge is 0.322 e. The lowest BCUT2D eigenvalue weighted by atomic mass is 10.2. The van der Waals surface area contributed by atoms with Crippen molar-refractivity contribution in [1.29, 1.82) is 0 Å². The fourth-order valence-corrected chi connectivity index (χ4v) is 3.08. The van der Waals surface area contributed by atoms with Crippen molar-refractivity contribution in [1.82, 2.24) is 20.0 Å². The van der Waals surface area contributed by atoms with E-state index in [-0.39, 0.29) is 5.91 Å². The second kappa shape index (κ2) is 6.18. The number of para-hydroxylation sites is 1. The van der Waals surface area contributed by atoms with E-state index in [0.29, 0.717) is 11.3 Å². The summed E-state index contributed by atoms with van der Waals surface area (Å²) >= 11 is 3.39. The molecule has 4 aromatic rings. The minimum absolute atomic E-state index is 0.214. The molecule has 1 amide bonds. The van der Waals surface area contributed by atoms with Gasteiger partial charge in [-0.25, -0.2) is 4.68 Å². The van der Waals surface area contributed by atoms with Gasteiger partial charge in [0, 0.05) is 17.3 Å². The third-order valence-corrected chi connectivity index (χ3v) is 4.58. The molecule has 0 unspecified atom stereocenters. The van der Waals surface area contributed by atoms with Gasteiger partial charge < -0.3 is 5.32 Å². The van der Waals surface area contributed by atoms with Crippen LogP contribution in [0.5, 0.6) is 0 Å². The monoisotopic (exact) mass is 395 g/mol. The summed E-state index contributed by atoms with van der Waals surface area (Å²) in [5.41, 5.74) is 3.99. The van der Waals surface area contributed by atoms with Crippen LogP contribution in [0, 0.1) is 6.92 Å². The molecule has 0 fully saturated rings. The average molecular weight is 396 g/mol. The normalized spacial score (nSPS) is 11.0. The maximum atomic E-state index is 12.5. The number of carbonyl (C=O) groups is 1. The minimum Gasteiger partial charge on any atom is -0.322 e. The Labute approximate surface area is 152 Å². The van der Waals surface area contributed by atoms with E-state index in [1.54, 1.807) is 17.1 Å². The highest BCUT2D eigenvalue weighted by atomic mass is 79.9. The molecule has 0 aliphatic heterocycles. The first-order chi connectivity index (χ1) is 12.1. The van der Waals surface area contributed by atoms with Crippen molar-refractivity contribution in [2.75, 3.05) is 5.32 Å². The van der Waals surface area contributed by atoms with Crippen molar-refractivity contribution in [3.8, 4) is 5.69 Å². The first-order valence-corrected chi connectivity index (χ1v) is 8.47. The van der Waals surface area contributed by atoms with Crippen molar-refractivity contribution < 1.29 is 4.79 Å². The lowest BCUT2D eigenvalue weighted by Gasteiger charge is -2.05. The lowest BCUT2D eigenvalue weighted by molar-refractivity contribution is 0.102. The zero-order valence-corrected chi connectivity index (χ0v) is 14.9. The van der Waals surface area contributed by atoms with E-state index in [1.165, 1.54) is 0 Å². The number of rotatable bonds is 3. The third kappa shape index (κ3) is 2.94. The van der Waals surface area contributed by atoms with Gasteiger partial charge in [0.2, 0.25) is 0 Å². The number of nitrogens with zero attached hydrogens (tertiary/aromatic N) is 3. The van der Waals surface area contributed by atoms with Gasteiger partial charge in [-0.3, -0.25) is 9.89 Å². The van der Waals surface area contributed by atoms with Crippen LogP contribution in [0.4, 0.5) is 5.69 Å². The maximum absolute atomic E-state index is 12.5. The smallest absolute Gasteiger partial charge is 0.258 e. The first-order valence-electron chi connectivity index (χ1n) is 7.67. The van der Waals surface area contributed by atoms with E-state index in [2.05, 4.69) is 36.5 Å². The standard InChI is InChI=1S/C18H14BrN5O/c1-11-4-2-3-5-16(11)24-10-12(9-20-24)18(25)21-13-6-7-14-15(8-13)22-23-17(14)19/h2-10H,1H3,(H,21,25)(H,22,23). The molecule has 0 atom stereocenters. The van der Waals surface area contributed by atoms with Gasteiger partial charge in [0.15, 0.2) is 0 Å². The van der Waals surface area contributed by atoms with Gasteiger partial charge in [-0.15, -0.1) is 0 Å². The van der Waals surface area contributed by atoms with E-state index in [4.69, 9.17) is 0 Å². The van der Waals surface area contributed by atoms with Crippen LogP contribution in [0.2, 0.25) is 0 Å². The number of benzene rings is 2. The van der Waals surface area contributed by atoms with Crippen molar-refractivity contribution in [3.05, 3.63) is 70.6 Å². The molecule has 2 aromatic carbocycles. The molecular weight excluding hydrogens is 382 g/mol. The van der Waals surface area contributed by atoms with Gasteiger partial charge in [0.25, 0.3) is 5.91 Å². The summed E-state index contributed by atoms with van der Waals surface area (Å²) in [5.74, 6) is -0.214. The Balaban J connectivity index is 1.57. The topological polar surface area (TPSA) is 75.6 Å². The Hall–Kier alpha value is -2.93. The highest BCUT2D eigenvalue weighted by Crippen LogP contribution is 2.24. The van der Waals surface area contributed by atoms with Crippen molar-refractivity contribution in [3.63, 3.8) is 0 Å². The van der Waals surface area contributed by atoms with Gasteiger partial charge in [-0.05, 0) is 52.7 Å². The van der Waals surface area contributed by atoms with E-state index in [0.717, 1.165) is 26.8 Å². The lowest BCUT2D eigenvalue weighted by Crippen LogP contribution is -2.11. The molecule has 0 spiro atoms. The molecule has 0 bridgehead atoms. The number of fused-ring (bicyclic) bond motifs is 1. The average Bonchev–Trinajstić information content (AvgIpc) is 3.23. The third-order valence-electron chi connectivity index (χ3n) is 3.97. The van der Waals surface area contributed by atoms with Gasteiger partial charge >= 0.3 is 0 Å². The van der Waals surface area contributed by atoms with E-state index < -0.39 is 0 Å².